The summed E-state index contributed by atoms with van der Waals surface area (Å²) in [6, 6.07) is 10.2. The van der Waals surface area contributed by atoms with Crippen molar-refractivity contribution in [1.29, 1.82) is 0 Å². The summed E-state index contributed by atoms with van der Waals surface area (Å²) >= 11 is 12.1. The number of hydrogen-bond donors (Lipinski definition) is 3. The van der Waals surface area contributed by atoms with Crippen LogP contribution in [0.25, 0.3) is 0 Å². The molecular weight excluding hydrogens is 342 g/mol. The molecule has 2 aromatic rings. The molecule has 5 nitrogen and oxygen atoms in total. The van der Waals surface area contributed by atoms with Gasteiger partial charge in [-0.1, -0.05) is 17.7 Å². The number of anilines is 1. The predicted molar refractivity (Wildman–Crippen MR) is 92.6 cm³/mol. The number of amides is 1. The van der Waals surface area contributed by atoms with Gasteiger partial charge in [-0.3, -0.25) is 20.4 Å². The summed E-state index contributed by atoms with van der Waals surface area (Å²) < 4.78 is 0. The Labute approximate surface area is 141 Å². The van der Waals surface area contributed by atoms with E-state index < -0.39 is 0 Å². The maximum Gasteiger partial charge on any atom is 0.279 e. The Bertz CT molecular complexity index is 730. The van der Waals surface area contributed by atoms with Crippen LogP contribution in [-0.2, 0) is 0 Å². The summed E-state index contributed by atoms with van der Waals surface area (Å²) in [5.74, 6) is -0.442. The number of benzene rings is 1. The van der Waals surface area contributed by atoms with Gasteiger partial charge >= 0.3 is 0 Å². The van der Waals surface area contributed by atoms with Crippen molar-refractivity contribution in [2.75, 3.05) is 5.32 Å². The first kappa shape index (κ1) is 16.4. The van der Waals surface area contributed by atoms with Gasteiger partial charge in [-0.05, 0) is 49.5 Å². The van der Waals surface area contributed by atoms with Gasteiger partial charge in [-0.15, -0.1) is 11.3 Å². The molecule has 114 valence electrons. The summed E-state index contributed by atoms with van der Waals surface area (Å²) in [5, 5.41) is 3.68. The molecule has 0 aliphatic carbocycles. The number of halogens is 1. The van der Waals surface area contributed by atoms with Crippen LogP contribution in [0.5, 0.6) is 0 Å². The van der Waals surface area contributed by atoms with Gasteiger partial charge < -0.3 is 5.32 Å². The molecule has 0 atom stereocenters. The highest BCUT2D eigenvalue weighted by Gasteiger charge is 2.11. The first-order valence-corrected chi connectivity index (χ1v) is 7.79. The largest absolute Gasteiger partial charge is 0.331 e. The zero-order valence-corrected chi connectivity index (χ0v) is 13.9. The summed E-state index contributed by atoms with van der Waals surface area (Å²) in [7, 11) is 0. The molecule has 1 aromatic heterocycles. The number of Topliss-reactive ketones (excluding diaryl/α,β-unsaturated/α-hetero) is 1. The number of nitrogens with one attached hydrogen (secondary N) is 3. The smallest absolute Gasteiger partial charge is 0.279 e. The molecule has 0 saturated carbocycles. The third-order valence-electron chi connectivity index (χ3n) is 2.55. The number of ketones is 1. The minimum atomic E-state index is -0.368. The third kappa shape index (κ3) is 4.52. The van der Waals surface area contributed by atoms with Crippen LogP contribution in [-0.4, -0.2) is 16.8 Å². The lowest BCUT2D eigenvalue weighted by Crippen LogP contribution is -2.43. The van der Waals surface area contributed by atoms with E-state index in [1.54, 1.807) is 36.4 Å². The monoisotopic (exact) mass is 353 g/mol. The van der Waals surface area contributed by atoms with Crippen LogP contribution in [0.1, 0.15) is 26.3 Å². The molecule has 2 rings (SSSR count). The second-order valence-electron chi connectivity index (χ2n) is 4.26. The molecule has 0 radical (unpaired) electrons. The molecule has 8 heteroatoms. The van der Waals surface area contributed by atoms with Gasteiger partial charge in [0.05, 0.1) is 9.75 Å². The highest BCUT2D eigenvalue weighted by molar-refractivity contribution is 7.80. The summed E-state index contributed by atoms with van der Waals surface area (Å²) in [5.41, 5.74) is 5.75. The Morgan fingerprint density at radius 3 is 2.50 bits per heavy atom. The topological polar surface area (TPSA) is 70.2 Å². The van der Waals surface area contributed by atoms with E-state index in [0.717, 1.165) is 11.3 Å². The first-order chi connectivity index (χ1) is 10.5. The lowest BCUT2D eigenvalue weighted by molar-refractivity contribution is 0.0947. The predicted octanol–water partition coefficient (Wildman–Crippen LogP) is 3.24. The number of hydrazine groups is 1. The van der Waals surface area contributed by atoms with Crippen LogP contribution in [0.15, 0.2) is 36.4 Å². The van der Waals surface area contributed by atoms with E-state index in [1.807, 2.05) is 0 Å². The minimum Gasteiger partial charge on any atom is -0.331 e. The molecule has 1 amide bonds. The minimum absolute atomic E-state index is 0.0739. The molecule has 0 aliphatic rings. The van der Waals surface area contributed by atoms with Crippen LogP contribution in [0.4, 0.5) is 5.69 Å². The van der Waals surface area contributed by atoms with Crippen molar-refractivity contribution in [3.63, 3.8) is 0 Å². The van der Waals surface area contributed by atoms with Crippen molar-refractivity contribution >= 4 is 57.6 Å². The van der Waals surface area contributed by atoms with E-state index in [1.165, 1.54) is 6.92 Å². The van der Waals surface area contributed by atoms with Gasteiger partial charge in [0.15, 0.2) is 10.9 Å². The van der Waals surface area contributed by atoms with E-state index in [2.05, 4.69) is 16.2 Å². The van der Waals surface area contributed by atoms with Gasteiger partial charge in [0.1, 0.15) is 0 Å². The molecule has 0 unspecified atom stereocenters. The number of carbonyl (C=O) groups excluding carboxylic acids is 2. The number of hydrogen-bond acceptors (Lipinski definition) is 4. The van der Waals surface area contributed by atoms with Crippen LogP contribution < -0.4 is 16.2 Å². The summed E-state index contributed by atoms with van der Waals surface area (Å²) in [4.78, 5) is 24.1. The molecule has 0 saturated heterocycles. The van der Waals surface area contributed by atoms with Crippen molar-refractivity contribution < 1.29 is 9.59 Å². The molecule has 1 aromatic carbocycles. The normalized spacial score (nSPS) is 9.91. The number of carbonyl (C=O) groups is 2. The number of thiocarbonyl (C=S) groups is 1. The fourth-order valence-corrected chi connectivity index (χ4v) is 2.71. The van der Waals surface area contributed by atoms with Crippen molar-refractivity contribution in [1.82, 2.24) is 10.9 Å². The van der Waals surface area contributed by atoms with E-state index in [0.29, 0.717) is 20.5 Å². The fraction of sp³-hybridized carbons (Fsp3) is 0.0714. The Morgan fingerprint density at radius 1 is 1.14 bits per heavy atom. The van der Waals surface area contributed by atoms with Gasteiger partial charge in [0.25, 0.3) is 5.91 Å². The lowest BCUT2D eigenvalue weighted by atomic mass is 10.3. The summed E-state index contributed by atoms with van der Waals surface area (Å²) in [6.45, 7) is 1.45. The molecular formula is C14H12ClN3O2S2. The van der Waals surface area contributed by atoms with Gasteiger partial charge in [-0.2, -0.15) is 0 Å². The van der Waals surface area contributed by atoms with Crippen LogP contribution >= 0.6 is 35.2 Å². The van der Waals surface area contributed by atoms with Crippen LogP contribution in [0.3, 0.4) is 0 Å². The molecule has 22 heavy (non-hydrogen) atoms. The van der Waals surface area contributed by atoms with E-state index in [-0.39, 0.29) is 16.8 Å². The second-order valence-corrected chi connectivity index (χ2v) is 6.19. The Kier molecular flexibility index (Phi) is 5.48. The zero-order valence-electron chi connectivity index (χ0n) is 11.5. The highest BCUT2D eigenvalue weighted by Crippen LogP contribution is 2.17. The van der Waals surface area contributed by atoms with Crippen molar-refractivity contribution in [2.24, 2.45) is 0 Å². The molecule has 0 aliphatic heterocycles. The molecule has 1 heterocycles. The lowest BCUT2D eigenvalue weighted by Gasteiger charge is -2.11. The molecule has 0 spiro atoms. The average Bonchev–Trinajstić information content (AvgIpc) is 2.95. The van der Waals surface area contributed by atoms with Crippen LogP contribution in [0, 0.1) is 0 Å². The molecule has 0 fully saturated rings. The summed E-state index contributed by atoms with van der Waals surface area (Å²) in [6.07, 6.45) is 0. The average molecular weight is 354 g/mol. The standard InChI is InChI=1S/C14H12ClN3O2S2/c1-8(19)11-5-6-12(22-11)13(20)17-18-14(21)16-10-4-2-3-9(15)7-10/h2-7H,1H3,(H,17,20)(H2,16,18,21). The van der Waals surface area contributed by atoms with E-state index in [9.17, 15) is 9.59 Å². The van der Waals surface area contributed by atoms with E-state index >= 15 is 0 Å². The zero-order chi connectivity index (χ0) is 16.1. The Morgan fingerprint density at radius 2 is 1.86 bits per heavy atom. The Balaban J connectivity index is 1.87. The second kappa shape index (κ2) is 7.35. The highest BCUT2D eigenvalue weighted by atomic mass is 35.5. The van der Waals surface area contributed by atoms with Gasteiger partial charge in [-0.25, -0.2) is 0 Å². The van der Waals surface area contributed by atoms with Crippen molar-refractivity contribution in [3.8, 4) is 0 Å². The van der Waals surface area contributed by atoms with Crippen LogP contribution in [0.2, 0.25) is 5.02 Å². The maximum absolute atomic E-state index is 11.9. The maximum atomic E-state index is 11.9. The van der Waals surface area contributed by atoms with Crippen molar-refractivity contribution in [3.05, 3.63) is 51.2 Å². The van der Waals surface area contributed by atoms with Crippen molar-refractivity contribution in [2.45, 2.75) is 6.92 Å². The first-order valence-electron chi connectivity index (χ1n) is 6.19. The Hall–Kier alpha value is -1.96. The number of rotatable bonds is 3. The van der Waals surface area contributed by atoms with E-state index in [4.69, 9.17) is 23.8 Å². The third-order valence-corrected chi connectivity index (χ3v) is 4.17. The quantitative estimate of drug-likeness (QED) is 0.449. The van der Waals surface area contributed by atoms with Gasteiger partial charge in [0.2, 0.25) is 0 Å². The number of thiophene rings is 1. The SMILES string of the molecule is CC(=O)c1ccc(C(=O)NNC(=S)Nc2cccc(Cl)c2)s1. The molecule has 3 N–H and O–H groups in total. The molecule has 0 bridgehead atoms. The van der Waals surface area contributed by atoms with Gasteiger partial charge in [0, 0.05) is 10.7 Å². The fourth-order valence-electron chi connectivity index (χ4n) is 1.55.